The van der Waals surface area contributed by atoms with Crippen molar-refractivity contribution in [2.24, 2.45) is 5.92 Å². The van der Waals surface area contributed by atoms with Crippen molar-refractivity contribution in [3.8, 4) is 0 Å². The Kier molecular flexibility index (Phi) is 4.22. The maximum atomic E-state index is 5.42. The van der Waals surface area contributed by atoms with Gasteiger partial charge in [0.05, 0.1) is 0 Å². The van der Waals surface area contributed by atoms with E-state index in [0.29, 0.717) is 11.6 Å². The van der Waals surface area contributed by atoms with Crippen molar-refractivity contribution < 1.29 is 4.74 Å². The normalized spacial score (nSPS) is 34.9. The third kappa shape index (κ3) is 3.44. The van der Waals surface area contributed by atoms with E-state index < -0.39 is 0 Å². The lowest BCUT2D eigenvalue weighted by molar-refractivity contribution is 0.0437. The van der Waals surface area contributed by atoms with E-state index in [4.69, 9.17) is 4.74 Å². The summed E-state index contributed by atoms with van der Waals surface area (Å²) in [6.45, 7) is 8.83. The minimum absolute atomic E-state index is 0.306. The molecule has 2 fully saturated rings. The smallest absolute Gasteiger partial charge is 0.0483 e. The average molecular weight is 226 g/mol. The fourth-order valence-electron chi connectivity index (χ4n) is 2.74. The van der Waals surface area contributed by atoms with Crippen LogP contribution in [0.1, 0.15) is 39.5 Å². The van der Waals surface area contributed by atoms with Crippen LogP contribution >= 0.6 is 0 Å². The van der Waals surface area contributed by atoms with Gasteiger partial charge < -0.3 is 15.4 Å². The summed E-state index contributed by atoms with van der Waals surface area (Å²) in [5.41, 5.74) is 0.306. The fourth-order valence-corrected chi connectivity index (χ4v) is 2.74. The monoisotopic (exact) mass is 226 g/mol. The predicted octanol–water partition coefficient (Wildman–Crippen LogP) is 1.53. The zero-order chi connectivity index (χ0) is 11.4. The summed E-state index contributed by atoms with van der Waals surface area (Å²) in [5.74, 6) is 0.885. The third-order valence-corrected chi connectivity index (χ3v) is 4.13. The maximum absolute atomic E-state index is 5.42. The van der Waals surface area contributed by atoms with Crippen LogP contribution < -0.4 is 10.6 Å². The van der Waals surface area contributed by atoms with Gasteiger partial charge in [-0.15, -0.1) is 0 Å². The number of rotatable bonds is 3. The Balaban J connectivity index is 1.73. The summed E-state index contributed by atoms with van der Waals surface area (Å²) in [7, 11) is 0. The highest BCUT2D eigenvalue weighted by Crippen LogP contribution is 2.21. The number of hydrogen-bond acceptors (Lipinski definition) is 3. The molecule has 0 amide bonds. The molecule has 16 heavy (non-hydrogen) atoms. The van der Waals surface area contributed by atoms with Gasteiger partial charge in [-0.05, 0) is 45.1 Å². The van der Waals surface area contributed by atoms with Crippen molar-refractivity contribution in [2.45, 2.75) is 51.1 Å². The molecule has 2 unspecified atom stereocenters. The molecule has 94 valence electrons. The lowest BCUT2D eigenvalue weighted by Gasteiger charge is -2.37. The molecular weight excluding hydrogens is 200 g/mol. The molecule has 2 heterocycles. The Morgan fingerprint density at radius 2 is 2.12 bits per heavy atom. The second-order valence-electron chi connectivity index (χ2n) is 5.83. The van der Waals surface area contributed by atoms with Crippen LogP contribution in [0.5, 0.6) is 0 Å². The molecule has 3 nitrogen and oxygen atoms in total. The Bertz CT molecular complexity index is 214. The zero-order valence-corrected chi connectivity index (χ0v) is 10.7. The minimum Gasteiger partial charge on any atom is -0.381 e. The quantitative estimate of drug-likeness (QED) is 0.766. The summed E-state index contributed by atoms with van der Waals surface area (Å²) in [6.07, 6.45) is 4.95. The van der Waals surface area contributed by atoms with E-state index in [0.717, 1.165) is 38.5 Å². The van der Waals surface area contributed by atoms with Crippen molar-refractivity contribution in [3.63, 3.8) is 0 Å². The molecule has 0 aromatic carbocycles. The summed E-state index contributed by atoms with van der Waals surface area (Å²) in [4.78, 5) is 0. The SMILES string of the molecule is CC1CCNC(CNC2(C)CCOCC2)C1. The van der Waals surface area contributed by atoms with E-state index in [1.807, 2.05) is 0 Å². The largest absolute Gasteiger partial charge is 0.381 e. The lowest BCUT2D eigenvalue weighted by atomic mass is 9.90. The molecule has 2 atom stereocenters. The van der Waals surface area contributed by atoms with Gasteiger partial charge in [0.2, 0.25) is 0 Å². The van der Waals surface area contributed by atoms with Crippen LogP contribution in [0.2, 0.25) is 0 Å². The van der Waals surface area contributed by atoms with Gasteiger partial charge in [0.25, 0.3) is 0 Å². The van der Waals surface area contributed by atoms with E-state index >= 15 is 0 Å². The van der Waals surface area contributed by atoms with Crippen LogP contribution in [0.25, 0.3) is 0 Å². The molecular formula is C13H26N2O. The van der Waals surface area contributed by atoms with Gasteiger partial charge in [-0.25, -0.2) is 0 Å². The molecule has 0 spiro atoms. The average Bonchev–Trinajstić information content (AvgIpc) is 2.28. The fraction of sp³-hybridized carbons (Fsp3) is 1.00. The van der Waals surface area contributed by atoms with E-state index in [9.17, 15) is 0 Å². The summed E-state index contributed by atoms with van der Waals surface area (Å²) < 4.78 is 5.42. The standard InChI is InChI=1S/C13H26N2O/c1-11-3-6-14-12(9-11)10-15-13(2)4-7-16-8-5-13/h11-12,14-15H,3-10H2,1-2H3. The van der Waals surface area contributed by atoms with Gasteiger partial charge in [0.15, 0.2) is 0 Å². The molecule has 0 bridgehead atoms. The number of nitrogens with one attached hydrogen (secondary N) is 2. The number of hydrogen-bond donors (Lipinski definition) is 2. The molecule has 2 N–H and O–H groups in total. The molecule has 0 aromatic rings. The first kappa shape index (κ1) is 12.3. The molecule has 0 aromatic heterocycles. The van der Waals surface area contributed by atoms with Gasteiger partial charge in [-0.2, -0.15) is 0 Å². The van der Waals surface area contributed by atoms with Crippen LogP contribution in [0.4, 0.5) is 0 Å². The van der Waals surface area contributed by atoms with Crippen LogP contribution in [0.15, 0.2) is 0 Å². The summed E-state index contributed by atoms with van der Waals surface area (Å²) >= 11 is 0. The van der Waals surface area contributed by atoms with Gasteiger partial charge >= 0.3 is 0 Å². The second kappa shape index (κ2) is 5.48. The van der Waals surface area contributed by atoms with Crippen molar-refractivity contribution in [1.82, 2.24) is 10.6 Å². The molecule has 2 rings (SSSR count). The Hall–Kier alpha value is -0.120. The van der Waals surface area contributed by atoms with Crippen LogP contribution in [0, 0.1) is 5.92 Å². The van der Waals surface area contributed by atoms with Crippen LogP contribution in [0.3, 0.4) is 0 Å². The van der Waals surface area contributed by atoms with Gasteiger partial charge in [-0.3, -0.25) is 0 Å². The van der Waals surface area contributed by atoms with Crippen LogP contribution in [-0.4, -0.2) is 37.9 Å². The van der Waals surface area contributed by atoms with Crippen molar-refractivity contribution in [1.29, 1.82) is 0 Å². The highest BCUT2D eigenvalue weighted by Gasteiger charge is 2.28. The molecule has 0 saturated carbocycles. The molecule has 2 aliphatic heterocycles. The lowest BCUT2D eigenvalue weighted by Crippen LogP contribution is -2.53. The summed E-state index contributed by atoms with van der Waals surface area (Å²) in [5, 5.41) is 7.36. The summed E-state index contributed by atoms with van der Waals surface area (Å²) in [6, 6.07) is 0.670. The molecule has 2 saturated heterocycles. The first-order chi connectivity index (χ1) is 7.68. The highest BCUT2D eigenvalue weighted by atomic mass is 16.5. The molecule has 0 radical (unpaired) electrons. The first-order valence-electron chi connectivity index (χ1n) is 6.74. The molecule has 0 aliphatic carbocycles. The third-order valence-electron chi connectivity index (χ3n) is 4.13. The Morgan fingerprint density at radius 1 is 1.38 bits per heavy atom. The van der Waals surface area contributed by atoms with Gasteiger partial charge in [0.1, 0.15) is 0 Å². The number of ether oxygens (including phenoxy) is 1. The number of piperidine rings is 1. The van der Waals surface area contributed by atoms with Crippen molar-refractivity contribution in [3.05, 3.63) is 0 Å². The van der Waals surface area contributed by atoms with Gasteiger partial charge in [-0.1, -0.05) is 6.92 Å². The van der Waals surface area contributed by atoms with E-state index in [2.05, 4.69) is 24.5 Å². The minimum atomic E-state index is 0.306. The highest BCUT2D eigenvalue weighted by molar-refractivity contribution is 4.88. The Morgan fingerprint density at radius 3 is 2.81 bits per heavy atom. The van der Waals surface area contributed by atoms with Crippen LogP contribution in [-0.2, 0) is 4.74 Å². The van der Waals surface area contributed by atoms with Crippen molar-refractivity contribution in [2.75, 3.05) is 26.3 Å². The van der Waals surface area contributed by atoms with E-state index in [-0.39, 0.29) is 0 Å². The molecule has 3 heteroatoms. The maximum Gasteiger partial charge on any atom is 0.0483 e. The topological polar surface area (TPSA) is 33.3 Å². The second-order valence-corrected chi connectivity index (χ2v) is 5.83. The predicted molar refractivity (Wildman–Crippen MR) is 66.6 cm³/mol. The zero-order valence-electron chi connectivity index (χ0n) is 10.7. The first-order valence-corrected chi connectivity index (χ1v) is 6.74. The molecule has 2 aliphatic rings. The van der Waals surface area contributed by atoms with Crippen molar-refractivity contribution >= 4 is 0 Å². The van der Waals surface area contributed by atoms with E-state index in [1.54, 1.807) is 0 Å². The Labute approximate surface area is 99.3 Å². The van der Waals surface area contributed by atoms with E-state index in [1.165, 1.54) is 19.4 Å². The van der Waals surface area contributed by atoms with Gasteiger partial charge in [0, 0.05) is 31.3 Å².